The second-order valence-electron chi connectivity index (χ2n) is 3.60. The summed E-state index contributed by atoms with van der Waals surface area (Å²) in [4.78, 5) is 18.6. The molecule has 94 valence electrons. The summed E-state index contributed by atoms with van der Waals surface area (Å²) in [6, 6.07) is 1.82. The predicted octanol–water partition coefficient (Wildman–Crippen LogP) is 1.00. The van der Waals surface area contributed by atoms with Gasteiger partial charge in [-0.15, -0.1) is 0 Å². The van der Waals surface area contributed by atoms with Crippen molar-refractivity contribution in [3.05, 3.63) is 36.0 Å². The van der Waals surface area contributed by atoms with Crippen molar-refractivity contribution in [2.75, 3.05) is 5.32 Å². The van der Waals surface area contributed by atoms with E-state index in [-0.39, 0.29) is 5.56 Å². The van der Waals surface area contributed by atoms with Gasteiger partial charge in [-0.25, -0.2) is 14.8 Å². The standard InChI is InChI=1S/C11H13N5O2/c1-2-16-4-3-10(15-16)13-6-9-8(11(17)18)5-12-7-14-9/h3-5,7H,2,6H2,1H3,(H,13,15)(H,17,18). The summed E-state index contributed by atoms with van der Waals surface area (Å²) in [5.41, 5.74) is 0.531. The van der Waals surface area contributed by atoms with E-state index in [1.165, 1.54) is 12.5 Å². The van der Waals surface area contributed by atoms with Crippen LogP contribution in [0, 0.1) is 0 Å². The van der Waals surface area contributed by atoms with E-state index in [0.29, 0.717) is 18.1 Å². The summed E-state index contributed by atoms with van der Waals surface area (Å²) in [6.07, 6.45) is 4.46. The molecule has 0 fully saturated rings. The lowest BCUT2D eigenvalue weighted by Gasteiger charge is -2.05. The Bertz CT molecular complexity index is 552. The zero-order chi connectivity index (χ0) is 13.0. The van der Waals surface area contributed by atoms with Gasteiger partial charge in [0.15, 0.2) is 0 Å². The van der Waals surface area contributed by atoms with Crippen LogP contribution in [-0.2, 0) is 13.1 Å². The summed E-state index contributed by atoms with van der Waals surface area (Å²) < 4.78 is 1.78. The van der Waals surface area contributed by atoms with Gasteiger partial charge in [0.25, 0.3) is 0 Å². The van der Waals surface area contributed by atoms with Crippen LogP contribution < -0.4 is 5.32 Å². The highest BCUT2D eigenvalue weighted by molar-refractivity contribution is 5.88. The molecule has 0 aliphatic rings. The molecule has 0 aromatic carbocycles. The smallest absolute Gasteiger partial charge is 0.339 e. The van der Waals surface area contributed by atoms with Crippen molar-refractivity contribution in [2.45, 2.75) is 20.0 Å². The van der Waals surface area contributed by atoms with Gasteiger partial charge in [-0.05, 0) is 6.92 Å². The second-order valence-corrected chi connectivity index (χ2v) is 3.60. The van der Waals surface area contributed by atoms with Crippen molar-refractivity contribution in [1.29, 1.82) is 0 Å². The maximum Gasteiger partial charge on any atom is 0.339 e. The van der Waals surface area contributed by atoms with Gasteiger partial charge in [-0.3, -0.25) is 4.68 Å². The molecule has 2 heterocycles. The fraction of sp³-hybridized carbons (Fsp3) is 0.273. The van der Waals surface area contributed by atoms with Gasteiger partial charge in [-0.1, -0.05) is 0 Å². The van der Waals surface area contributed by atoms with E-state index >= 15 is 0 Å². The highest BCUT2D eigenvalue weighted by Gasteiger charge is 2.11. The number of hydrogen-bond acceptors (Lipinski definition) is 5. The minimum absolute atomic E-state index is 0.0972. The molecule has 0 unspecified atom stereocenters. The number of carboxylic acids is 1. The second kappa shape index (κ2) is 5.26. The molecule has 0 saturated carbocycles. The van der Waals surface area contributed by atoms with Crippen LogP contribution in [0.2, 0.25) is 0 Å². The summed E-state index contributed by atoms with van der Waals surface area (Å²) >= 11 is 0. The van der Waals surface area contributed by atoms with Crippen molar-refractivity contribution >= 4 is 11.8 Å². The van der Waals surface area contributed by atoms with Crippen LogP contribution >= 0.6 is 0 Å². The third kappa shape index (κ3) is 2.62. The van der Waals surface area contributed by atoms with Crippen LogP contribution in [0.1, 0.15) is 23.0 Å². The maximum atomic E-state index is 11.0. The summed E-state index contributed by atoms with van der Waals surface area (Å²) in [5, 5.41) is 16.2. The Kier molecular flexibility index (Phi) is 3.52. The maximum absolute atomic E-state index is 11.0. The summed E-state index contributed by atoms with van der Waals surface area (Å²) in [5.74, 6) is -0.349. The zero-order valence-electron chi connectivity index (χ0n) is 9.87. The first-order valence-corrected chi connectivity index (χ1v) is 5.50. The molecule has 0 aliphatic carbocycles. The van der Waals surface area contributed by atoms with Gasteiger partial charge in [0.1, 0.15) is 17.7 Å². The van der Waals surface area contributed by atoms with E-state index in [1.807, 2.05) is 19.2 Å². The lowest BCUT2D eigenvalue weighted by molar-refractivity contribution is 0.0694. The molecular weight excluding hydrogens is 234 g/mol. The third-order valence-corrected chi connectivity index (χ3v) is 2.43. The predicted molar refractivity (Wildman–Crippen MR) is 64.2 cm³/mol. The van der Waals surface area contributed by atoms with Gasteiger partial charge < -0.3 is 10.4 Å². The van der Waals surface area contributed by atoms with Gasteiger partial charge in [0, 0.05) is 25.0 Å². The molecule has 2 aromatic rings. The lowest BCUT2D eigenvalue weighted by Crippen LogP contribution is -2.10. The Morgan fingerprint density at radius 1 is 1.56 bits per heavy atom. The Morgan fingerprint density at radius 2 is 2.39 bits per heavy atom. The van der Waals surface area contributed by atoms with Crippen LogP contribution in [0.15, 0.2) is 24.8 Å². The topological polar surface area (TPSA) is 92.9 Å². The average molecular weight is 247 g/mol. The van der Waals surface area contributed by atoms with Crippen molar-refractivity contribution in [3.63, 3.8) is 0 Å². The van der Waals surface area contributed by atoms with Crippen LogP contribution in [0.5, 0.6) is 0 Å². The lowest BCUT2D eigenvalue weighted by atomic mass is 10.2. The third-order valence-electron chi connectivity index (χ3n) is 2.43. The number of nitrogens with zero attached hydrogens (tertiary/aromatic N) is 4. The van der Waals surface area contributed by atoms with E-state index in [4.69, 9.17) is 5.11 Å². The molecule has 2 aromatic heterocycles. The Balaban J connectivity index is 2.08. The molecule has 2 rings (SSSR count). The Hall–Kier alpha value is -2.44. The number of aromatic nitrogens is 4. The fourth-order valence-electron chi connectivity index (χ4n) is 1.48. The van der Waals surface area contributed by atoms with E-state index in [2.05, 4.69) is 20.4 Å². The fourth-order valence-corrected chi connectivity index (χ4v) is 1.48. The number of hydrogen-bond donors (Lipinski definition) is 2. The van der Waals surface area contributed by atoms with Crippen LogP contribution in [0.4, 0.5) is 5.82 Å². The van der Waals surface area contributed by atoms with Crippen molar-refractivity contribution in [1.82, 2.24) is 19.7 Å². The van der Waals surface area contributed by atoms with Gasteiger partial charge in [-0.2, -0.15) is 5.10 Å². The van der Waals surface area contributed by atoms with Crippen molar-refractivity contribution < 1.29 is 9.90 Å². The number of carboxylic acid groups (broad SMARTS) is 1. The van der Waals surface area contributed by atoms with Gasteiger partial charge in [0.2, 0.25) is 0 Å². The van der Waals surface area contributed by atoms with E-state index in [1.54, 1.807) is 4.68 Å². The number of rotatable bonds is 5. The first kappa shape index (κ1) is 12.0. The Morgan fingerprint density at radius 3 is 3.06 bits per heavy atom. The minimum atomic E-state index is -1.04. The molecule has 7 heteroatoms. The van der Waals surface area contributed by atoms with Crippen LogP contribution in [0.3, 0.4) is 0 Å². The highest BCUT2D eigenvalue weighted by Crippen LogP contribution is 2.08. The van der Waals surface area contributed by atoms with Crippen molar-refractivity contribution in [3.8, 4) is 0 Å². The van der Waals surface area contributed by atoms with Gasteiger partial charge >= 0.3 is 5.97 Å². The number of aryl methyl sites for hydroxylation is 1. The molecule has 0 aliphatic heterocycles. The van der Waals surface area contributed by atoms with Crippen molar-refractivity contribution in [2.24, 2.45) is 0 Å². The minimum Gasteiger partial charge on any atom is -0.478 e. The molecule has 2 N–H and O–H groups in total. The van der Waals surface area contributed by atoms with E-state index in [0.717, 1.165) is 6.54 Å². The van der Waals surface area contributed by atoms with E-state index in [9.17, 15) is 4.79 Å². The molecule has 0 amide bonds. The molecule has 0 atom stereocenters. The first-order valence-electron chi connectivity index (χ1n) is 5.50. The SMILES string of the molecule is CCn1ccc(NCc2ncncc2C(=O)O)n1. The summed E-state index contributed by atoms with van der Waals surface area (Å²) in [6.45, 7) is 3.07. The number of aromatic carboxylic acids is 1. The molecule has 7 nitrogen and oxygen atoms in total. The number of nitrogens with one attached hydrogen (secondary N) is 1. The van der Waals surface area contributed by atoms with Crippen LogP contribution in [0.25, 0.3) is 0 Å². The molecular formula is C11H13N5O2. The normalized spacial score (nSPS) is 10.3. The highest BCUT2D eigenvalue weighted by atomic mass is 16.4. The zero-order valence-corrected chi connectivity index (χ0v) is 9.87. The largest absolute Gasteiger partial charge is 0.478 e. The number of carbonyl (C=O) groups is 1. The van der Waals surface area contributed by atoms with Gasteiger partial charge in [0.05, 0.1) is 12.2 Å². The summed E-state index contributed by atoms with van der Waals surface area (Å²) in [7, 11) is 0. The molecule has 0 saturated heterocycles. The Labute approximate surface area is 104 Å². The average Bonchev–Trinajstić information content (AvgIpc) is 2.84. The monoisotopic (exact) mass is 247 g/mol. The molecule has 0 spiro atoms. The quantitative estimate of drug-likeness (QED) is 0.818. The molecule has 18 heavy (non-hydrogen) atoms. The first-order chi connectivity index (χ1) is 8.70. The van der Waals surface area contributed by atoms with E-state index < -0.39 is 5.97 Å². The number of anilines is 1. The van der Waals surface area contributed by atoms with Crippen LogP contribution in [-0.4, -0.2) is 30.8 Å². The molecule has 0 bridgehead atoms. The molecule has 0 radical (unpaired) electrons.